The maximum atomic E-state index is 11.1. The second-order valence-electron chi connectivity index (χ2n) is 4.30. The fraction of sp³-hybridized carbons (Fsp3) is 0.462. The summed E-state index contributed by atoms with van der Waals surface area (Å²) >= 11 is 3.45. The van der Waals surface area contributed by atoms with E-state index in [0.29, 0.717) is 0 Å². The fourth-order valence-electron chi connectivity index (χ4n) is 2.10. The molecule has 1 heterocycles. The summed E-state index contributed by atoms with van der Waals surface area (Å²) in [6.07, 6.45) is 2.11. The second kappa shape index (κ2) is 5.65. The van der Waals surface area contributed by atoms with Gasteiger partial charge >= 0.3 is 0 Å². The molecule has 3 nitrogen and oxygen atoms in total. The molecule has 17 heavy (non-hydrogen) atoms. The van der Waals surface area contributed by atoms with E-state index in [4.69, 9.17) is 4.74 Å². The molecular formula is C13H16BrNO2. The van der Waals surface area contributed by atoms with E-state index in [1.54, 1.807) is 0 Å². The van der Waals surface area contributed by atoms with Crippen LogP contribution in [0, 0.1) is 0 Å². The lowest BCUT2D eigenvalue weighted by Crippen LogP contribution is -2.30. The average Bonchev–Trinajstić information content (AvgIpc) is 2.54. The van der Waals surface area contributed by atoms with Crippen molar-refractivity contribution in [1.29, 1.82) is 0 Å². The van der Waals surface area contributed by atoms with Gasteiger partial charge in [-0.25, -0.2) is 0 Å². The molecule has 1 saturated heterocycles. The number of hydrogen-bond acceptors (Lipinski definition) is 3. The zero-order chi connectivity index (χ0) is 12.3. The number of ether oxygens (including phenoxy) is 1. The Kier molecular flexibility index (Phi) is 4.18. The Bertz CT molecular complexity index is 408. The van der Waals surface area contributed by atoms with Crippen LogP contribution < -0.4 is 4.90 Å². The highest BCUT2D eigenvalue weighted by Crippen LogP contribution is 2.25. The van der Waals surface area contributed by atoms with Crippen LogP contribution >= 0.6 is 15.9 Å². The molecule has 1 aromatic rings. The van der Waals surface area contributed by atoms with Gasteiger partial charge in [0.1, 0.15) is 0 Å². The minimum absolute atomic E-state index is 0.205. The molecular weight excluding hydrogens is 282 g/mol. The van der Waals surface area contributed by atoms with Crippen LogP contribution in [0.4, 0.5) is 5.69 Å². The van der Waals surface area contributed by atoms with E-state index in [1.807, 2.05) is 18.2 Å². The molecule has 4 heteroatoms. The average molecular weight is 298 g/mol. The number of hydrogen-bond donors (Lipinski definition) is 0. The fourth-order valence-corrected chi connectivity index (χ4v) is 2.45. The lowest BCUT2D eigenvalue weighted by Gasteiger charge is -2.25. The molecule has 0 saturated carbocycles. The summed E-state index contributed by atoms with van der Waals surface area (Å²) in [7, 11) is 0. The highest BCUT2D eigenvalue weighted by atomic mass is 79.9. The molecule has 0 N–H and O–H groups in total. The Labute approximate surface area is 110 Å². The first-order valence-electron chi connectivity index (χ1n) is 5.82. The van der Waals surface area contributed by atoms with Crippen LogP contribution in [0.5, 0.6) is 0 Å². The Morgan fingerprint density at radius 2 is 2.35 bits per heavy atom. The third kappa shape index (κ3) is 3.07. The van der Waals surface area contributed by atoms with E-state index in [9.17, 15) is 4.79 Å². The first-order chi connectivity index (χ1) is 8.20. The van der Waals surface area contributed by atoms with E-state index < -0.39 is 0 Å². The highest BCUT2D eigenvalue weighted by molar-refractivity contribution is 9.10. The van der Waals surface area contributed by atoms with Crippen molar-refractivity contribution in [3.63, 3.8) is 0 Å². The third-order valence-electron chi connectivity index (χ3n) is 2.91. The van der Waals surface area contributed by atoms with Gasteiger partial charge in [0, 0.05) is 35.4 Å². The van der Waals surface area contributed by atoms with Crippen molar-refractivity contribution in [3.05, 3.63) is 28.2 Å². The van der Waals surface area contributed by atoms with Gasteiger partial charge in [0.2, 0.25) is 0 Å². The largest absolute Gasteiger partial charge is 0.377 e. The summed E-state index contributed by atoms with van der Waals surface area (Å²) < 4.78 is 6.61. The summed E-state index contributed by atoms with van der Waals surface area (Å²) in [4.78, 5) is 13.3. The number of halogens is 1. The van der Waals surface area contributed by atoms with Gasteiger partial charge in [0.25, 0.3) is 0 Å². The monoisotopic (exact) mass is 297 g/mol. The predicted octanol–water partition coefficient (Wildman–Crippen LogP) is 2.88. The molecule has 1 fully saturated rings. The van der Waals surface area contributed by atoms with Crippen molar-refractivity contribution < 1.29 is 9.53 Å². The van der Waals surface area contributed by atoms with E-state index in [2.05, 4.69) is 27.8 Å². The number of nitrogens with zero attached hydrogens (tertiary/aromatic N) is 1. The van der Waals surface area contributed by atoms with Gasteiger partial charge in [-0.3, -0.25) is 4.79 Å². The summed E-state index contributed by atoms with van der Waals surface area (Å²) in [6, 6.07) is 5.75. The minimum atomic E-state index is 0.205. The zero-order valence-corrected chi connectivity index (χ0v) is 11.4. The number of carbonyl (C=O) groups is 1. The Hall–Kier alpha value is -0.870. The topological polar surface area (TPSA) is 29.5 Å². The van der Waals surface area contributed by atoms with Crippen LogP contribution in [0.2, 0.25) is 0 Å². The molecule has 1 aromatic carbocycles. The van der Waals surface area contributed by atoms with Crippen LogP contribution in [0.15, 0.2) is 22.7 Å². The van der Waals surface area contributed by atoms with Gasteiger partial charge in [-0.05, 0) is 31.5 Å². The SMILES string of the molecule is CC1CN(c2cc(Br)ccc2C=O)CCCO1. The molecule has 1 unspecified atom stereocenters. The van der Waals surface area contributed by atoms with Crippen molar-refractivity contribution in [2.24, 2.45) is 0 Å². The van der Waals surface area contributed by atoms with Gasteiger partial charge in [0.05, 0.1) is 6.10 Å². The number of carbonyl (C=O) groups excluding carboxylic acids is 1. The molecule has 2 rings (SSSR count). The van der Waals surface area contributed by atoms with Gasteiger partial charge in [-0.2, -0.15) is 0 Å². The third-order valence-corrected chi connectivity index (χ3v) is 3.41. The van der Waals surface area contributed by atoms with Crippen LogP contribution in [-0.2, 0) is 4.74 Å². The number of rotatable bonds is 2. The van der Waals surface area contributed by atoms with Crippen LogP contribution in [0.25, 0.3) is 0 Å². The number of benzene rings is 1. The Morgan fingerprint density at radius 1 is 1.53 bits per heavy atom. The van der Waals surface area contributed by atoms with Crippen molar-refractivity contribution >= 4 is 27.9 Å². The molecule has 0 aliphatic carbocycles. The van der Waals surface area contributed by atoms with Gasteiger partial charge in [0.15, 0.2) is 6.29 Å². The summed E-state index contributed by atoms with van der Waals surface area (Å²) in [5, 5.41) is 0. The Morgan fingerprint density at radius 3 is 3.12 bits per heavy atom. The molecule has 1 aliphatic rings. The molecule has 0 amide bonds. The standard InChI is InChI=1S/C13H16BrNO2/c1-10-8-15(5-2-6-17-10)13-7-12(14)4-3-11(13)9-16/h3-4,7,9-10H,2,5-6,8H2,1H3. The first kappa shape index (κ1) is 12.6. The quantitative estimate of drug-likeness (QED) is 0.786. The number of aldehydes is 1. The number of anilines is 1. The van der Waals surface area contributed by atoms with Crippen LogP contribution in [0.3, 0.4) is 0 Å². The van der Waals surface area contributed by atoms with Gasteiger partial charge < -0.3 is 9.64 Å². The molecule has 92 valence electrons. The summed E-state index contributed by atoms with van der Waals surface area (Å²) in [5.74, 6) is 0. The maximum Gasteiger partial charge on any atom is 0.152 e. The summed E-state index contributed by atoms with van der Waals surface area (Å²) in [5.41, 5.74) is 1.73. The normalized spacial score (nSPS) is 21.1. The van der Waals surface area contributed by atoms with Crippen LogP contribution in [0.1, 0.15) is 23.7 Å². The smallest absolute Gasteiger partial charge is 0.152 e. The lowest BCUT2D eigenvalue weighted by atomic mass is 10.1. The first-order valence-corrected chi connectivity index (χ1v) is 6.61. The molecule has 0 aromatic heterocycles. The van der Waals surface area contributed by atoms with Gasteiger partial charge in [-0.15, -0.1) is 0 Å². The van der Waals surface area contributed by atoms with E-state index >= 15 is 0 Å². The molecule has 0 spiro atoms. The molecule has 1 aliphatic heterocycles. The molecule has 0 radical (unpaired) electrons. The zero-order valence-electron chi connectivity index (χ0n) is 9.86. The van der Waals surface area contributed by atoms with Crippen LogP contribution in [-0.4, -0.2) is 32.1 Å². The van der Waals surface area contributed by atoms with E-state index in [1.165, 1.54) is 0 Å². The highest BCUT2D eigenvalue weighted by Gasteiger charge is 2.17. The minimum Gasteiger partial charge on any atom is -0.377 e. The maximum absolute atomic E-state index is 11.1. The van der Waals surface area contributed by atoms with Crippen molar-refractivity contribution in [3.8, 4) is 0 Å². The van der Waals surface area contributed by atoms with E-state index in [0.717, 1.165) is 48.1 Å². The second-order valence-corrected chi connectivity index (χ2v) is 5.22. The Balaban J connectivity index is 2.30. The summed E-state index contributed by atoms with van der Waals surface area (Å²) in [6.45, 7) is 4.62. The van der Waals surface area contributed by atoms with Crippen molar-refractivity contribution in [1.82, 2.24) is 0 Å². The molecule has 1 atom stereocenters. The predicted molar refractivity (Wildman–Crippen MR) is 71.8 cm³/mol. The molecule has 0 bridgehead atoms. The van der Waals surface area contributed by atoms with Crippen molar-refractivity contribution in [2.45, 2.75) is 19.4 Å². The van der Waals surface area contributed by atoms with E-state index in [-0.39, 0.29) is 6.10 Å². The van der Waals surface area contributed by atoms with Gasteiger partial charge in [-0.1, -0.05) is 15.9 Å². The lowest BCUT2D eigenvalue weighted by molar-refractivity contribution is 0.0820. The van der Waals surface area contributed by atoms with Crippen molar-refractivity contribution in [2.75, 3.05) is 24.6 Å².